The van der Waals surface area contributed by atoms with E-state index in [2.05, 4.69) is 5.32 Å². The molecule has 0 aromatic heterocycles. The summed E-state index contributed by atoms with van der Waals surface area (Å²) in [6.07, 6.45) is 0. The molecule has 0 unspecified atom stereocenters. The van der Waals surface area contributed by atoms with Crippen molar-refractivity contribution in [2.45, 2.75) is 13.5 Å². The Morgan fingerprint density at radius 3 is 2.70 bits per heavy atom. The van der Waals surface area contributed by atoms with Crippen LogP contribution in [0.4, 0.5) is 10.1 Å². The third-order valence-electron chi connectivity index (χ3n) is 2.92. The largest absolute Gasteiger partial charge is 0.381 e. The summed E-state index contributed by atoms with van der Waals surface area (Å²) in [5, 5.41) is 3.33. The van der Waals surface area contributed by atoms with Crippen molar-refractivity contribution >= 4 is 23.2 Å². The smallest absolute Gasteiger partial charge is 0.250 e. The number of carbonyl (C=O) groups is 1. The number of hydrogen-bond donors (Lipinski definition) is 2. The van der Waals surface area contributed by atoms with Crippen molar-refractivity contribution in [3.05, 3.63) is 63.9 Å². The van der Waals surface area contributed by atoms with Gasteiger partial charge in [-0.2, -0.15) is 0 Å². The molecule has 5 heteroatoms. The average Bonchev–Trinajstić information content (AvgIpc) is 2.39. The lowest BCUT2D eigenvalue weighted by molar-refractivity contribution is 0.100. The van der Waals surface area contributed by atoms with Crippen LogP contribution in [0.15, 0.2) is 36.4 Å². The lowest BCUT2D eigenvalue weighted by Crippen LogP contribution is -2.11. The van der Waals surface area contributed by atoms with Gasteiger partial charge in [0.25, 0.3) is 0 Å². The molecule has 0 atom stereocenters. The molecule has 0 aliphatic carbocycles. The molecule has 2 aromatic carbocycles. The molecule has 0 saturated carbocycles. The van der Waals surface area contributed by atoms with Crippen LogP contribution < -0.4 is 11.1 Å². The molecule has 2 rings (SSSR count). The van der Waals surface area contributed by atoms with Crippen LogP contribution in [0, 0.1) is 12.7 Å². The van der Waals surface area contributed by atoms with E-state index >= 15 is 0 Å². The minimum Gasteiger partial charge on any atom is -0.381 e. The number of carbonyl (C=O) groups excluding carboxylic acids is 1. The van der Waals surface area contributed by atoms with Crippen molar-refractivity contribution in [1.29, 1.82) is 0 Å². The molecule has 1 amide bonds. The Kier molecular flexibility index (Phi) is 4.25. The standard InChI is InChI=1S/C15H14ClFN2O/c1-9-2-5-14(17)10(6-9)8-19-11-3-4-12(15(18)20)13(16)7-11/h2-7,19H,8H2,1H3,(H2,18,20). The Bertz CT molecular complexity index is 658. The fourth-order valence-corrected chi connectivity index (χ4v) is 2.13. The third kappa shape index (κ3) is 3.27. The van der Waals surface area contributed by atoms with E-state index in [-0.39, 0.29) is 16.4 Å². The van der Waals surface area contributed by atoms with Crippen LogP contribution >= 0.6 is 11.6 Å². The number of aryl methyl sites for hydroxylation is 1. The van der Waals surface area contributed by atoms with E-state index in [0.29, 0.717) is 17.8 Å². The van der Waals surface area contributed by atoms with Gasteiger partial charge in [0.05, 0.1) is 10.6 Å². The first kappa shape index (κ1) is 14.3. The molecule has 20 heavy (non-hydrogen) atoms. The topological polar surface area (TPSA) is 55.1 Å². The number of rotatable bonds is 4. The Hall–Kier alpha value is -2.07. The van der Waals surface area contributed by atoms with Gasteiger partial charge in [0.2, 0.25) is 5.91 Å². The maximum absolute atomic E-state index is 13.6. The fourth-order valence-electron chi connectivity index (χ4n) is 1.86. The maximum atomic E-state index is 13.6. The van der Waals surface area contributed by atoms with Crippen LogP contribution in [-0.4, -0.2) is 5.91 Å². The van der Waals surface area contributed by atoms with Gasteiger partial charge in [-0.05, 0) is 31.2 Å². The van der Waals surface area contributed by atoms with Crippen LogP contribution in [0.3, 0.4) is 0 Å². The van der Waals surface area contributed by atoms with E-state index in [1.165, 1.54) is 6.07 Å². The summed E-state index contributed by atoms with van der Waals surface area (Å²) in [4.78, 5) is 11.1. The van der Waals surface area contributed by atoms with E-state index < -0.39 is 5.91 Å². The Morgan fingerprint density at radius 1 is 1.30 bits per heavy atom. The SMILES string of the molecule is Cc1ccc(F)c(CNc2ccc(C(N)=O)c(Cl)c2)c1. The second-order valence-electron chi connectivity index (χ2n) is 4.51. The highest BCUT2D eigenvalue weighted by atomic mass is 35.5. The van der Waals surface area contributed by atoms with E-state index in [4.69, 9.17) is 17.3 Å². The highest BCUT2D eigenvalue weighted by Crippen LogP contribution is 2.21. The van der Waals surface area contributed by atoms with E-state index in [1.807, 2.05) is 6.92 Å². The van der Waals surface area contributed by atoms with Crippen LogP contribution in [-0.2, 0) is 6.54 Å². The second-order valence-corrected chi connectivity index (χ2v) is 4.91. The number of hydrogen-bond acceptors (Lipinski definition) is 2. The molecular formula is C15H14ClFN2O. The quantitative estimate of drug-likeness (QED) is 0.906. The van der Waals surface area contributed by atoms with Gasteiger partial charge in [0, 0.05) is 17.8 Å². The highest BCUT2D eigenvalue weighted by molar-refractivity contribution is 6.34. The van der Waals surface area contributed by atoms with Crippen LogP contribution in [0.5, 0.6) is 0 Å². The molecule has 3 N–H and O–H groups in total. The van der Waals surface area contributed by atoms with Crippen molar-refractivity contribution in [2.75, 3.05) is 5.32 Å². The first-order valence-corrected chi connectivity index (χ1v) is 6.43. The summed E-state index contributed by atoms with van der Waals surface area (Å²) in [5.41, 5.74) is 7.69. The van der Waals surface area contributed by atoms with Gasteiger partial charge in [-0.3, -0.25) is 4.79 Å². The number of benzene rings is 2. The van der Waals surface area contributed by atoms with Gasteiger partial charge in [-0.15, -0.1) is 0 Å². The van der Waals surface area contributed by atoms with Crippen molar-refractivity contribution in [1.82, 2.24) is 0 Å². The molecule has 0 aliphatic rings. The molecule has 0 bridgehead atoms. The normalized spacial score (nSPS) is 10.3. The predicted octanol–water partition coefficient (Wildman–Crippen LogP) is 3.50. The molecule has 0 saturated heterocycles. The summed E-state index contributed by atoms with van der Waals surface area (Å²) in [7, 11) is 0. The molecule has 0 aliphatic heterocycles. The van der Waals surface area contributed by atoms with Gasteiger partial charge >= 0.3 is 0 Å². The summed E-state index contributed by atoms with van der Waals surface area (Å²) in [6, 6.07) is 9.75. The number of primary amides is 1. The molecule has 0 fully saturated rings. The van der Waals surface area contributed by atoms with Crippen LogP contribution in [0.1, 0.15) is 21.5 Å². The Balaban J connectivity index is 2.13. The molecule has 2 aromatic rings. The zero-order valence-electron chi connectivity index (χ0n) is 10.9. The van der Waals surface area contributed by atoms with Gasteiger partial charge in [-0.25, -0.2) is 4.39 Å². The average molecular weight is 293 g/mol. The molecule has 0 radical (unpaired) electrons. The Morgan fingerprint density at radius 2 is 2.05 bits per heavy atom. The lowest BCUT2D eigenvalue weighted by Gasteiger charge is -2.09. The van der Waals surface area contributed by atoms with E-state index in [0.717, 1.165) is 5.56 Å². The zero-order chi connectivity index (χ0) is 14.7. The minimum absolute atomic E-state index is 0.261. The van der Waals surface area contributed by atoms with Crippen molar-refractivity contribution in [3.8, 4) is 0 Å². The van der Waals surface area contributed by atoms with E-state index in [9.17, 15) is 9.18 Å². The Labute approximate surface area is 121 Å². The number of anilines is 1. The van der Waals surface area contributed by atoms with E-state index in [1.54, 1.807) is 30.3 Å². The summed E-state index contributed by atoms with van der Waals surface area (Å²) in [6.45, 7) is 2.24. The highest BCUT2D eigenvalue weighted by Gasteiger charge is 2.07. The molecule has 104 valence electrons. The number of amides is 1. The molecule has 3 nitrogen and oxygen atoms in total. The number of nitrogens with one attached hydrogen (secondary N) is 1. The molecule has 0 spiro atoms. The molecular weight excluding hydrogens is 279 g/mol. The maximum Gasteiger partial charge on any atom is 0.250 e. The summed E-state index contributed by atoms with van der Waals surface area (Å²) in [5.74, 6) is -0.839. The second kappa shape index (κ2) is 5.92. The molecule has 0 heterocycles. The predicted molar refractivity (Wildman–Crippen MR) is 78.4 cm³/mol. The lowest BCUT2D eigenvalue weighted by atomic mass is 10.1. The van der Waals surface area contributed by atoms with Gasteiger partial charge in [0.1, 0.15) is 5.82 Å². The number of halogens is 2. The summed E-state index contributed by atoms with van der Waals surface area (Å²) < 4.78 is 13.6. The monoisotopic (exact) mass is 292 g/mol. The third-order valence-corrected chi connectivity index (χ3v) is 3.23. The van der Waals surface area contributed by atoms with Crippen molar-refractivity contribution in [2.24, 2.45) is 5.73 Å². The number of nitrogens with two attached hydrogens (primary N) is 1. The van der Waals surface area contributed by atoms with Gasteiger partial charge < -0.3 is 11.1 Å². The fraction of sp³-hybridized carbons (Fsp3) is 0.133. The van der Waals surface area contributed by atoms with Gasteiger partial charge in [-0.1, -0.05) is 29.3 Å². The zero-order valence-corrected chi connectivity index (χ0v) is 11.7. The van der Waals surface area contributed by atoms with Crippen LogP contribution in [0.2, 0.25) is 5.02 Å². The van der Waals surface area contributed by atoms with Crippen molar-refractivity contribution < 1.29 is 9.18 Å². The van der Waals surface area contributed by atoms with Crippen LogP contribution in [0.25, 0.3) is 0 Å². The van der Waals surface area contributed by atoms with Crippen molar-refractivity contribution in [3.63, 3.8) is 0 Å². The summed E-state index contributed by atoms with van der Waals surface area (Å²) >= 11 is 5.95. The first-order chi connectivity index (χ1) is 9.47. The first-order valence-electron chi connectivity index (χ1n) is 6.05. The minimum atomic E-state index is -0.578. The van der Waals surface area contributed by atoms with Gasteiger partial charge in [0.15, 0.2) is 0 Å².